The van der Waals surface area contributed by atoms with Crippen molar-refractivity contribution < 1.29 is 17.9 Å². The monoisotopic (exact) mass is 450 g/mol. The molecule has 1 aliphatic carbocycles. The summed E-state index contributed by atoms with van der Waals surface area (Å²) in [4.78, 5) is 13.2. The van der Waals surface area contributed by atoms with E-state index in [1.807, 2.05) is 32.0 Å². The Morgan fingerprint density at radius 2 is 1.66 bits per heavy atom. The molecule has 0 bridgehead atoms. The molecule has 1 amide bonds. The fourth-order valence-corrected chi connectivity index (χ4v) is 6.46. The van der Waals surface area contributed by atoms with Gasteiger partial charge in [0.25, 0.3) is 5.91 Å². The van der Waals surface area contributed by atoms with E-state index in [-0.39, 0.29) is 23.0 Å². The molecule has 1 aliphatic heterocycles. The highest BCUT2D eigenvalue weighted by molar-refractivity contribution is 7.89. The summed E-state index contributed by atoms with van der Waals surface area (Å²) in [5.41, 5.74) is 3.65. The predicted octanol–water partition coefficient (Wildman–Crippen LogP) is 3.99. The molecule has 6 nitrogen and oxygen atoms in total. The van der Waals surface area contributed by atoms with E-state index in [0.717, 1.165) is 23.9 Å². The molecule has 166 valence electrons. The summed E-state index contributed by atoms with van der Waals surface area (Å²) >= 11 is 0. The van der Waals surface area contributed by atoms with Gasteiger partial charge in [-0.15, -0.1) is 0 Å². The normalized spacial score (nSPS) is 21.1. The van der Waals surface area contributed by atoms with Crippen LogP contribution in [-0.2, 0) is 27.6 Å². The Morgan fingerprint density at radius 1 is 0.969 bits per heavy atom. The van der Waals surface area contributed by atoms with Crippen LogP contribution in [0.2, 0.25) is 0 Å². The van der Waals surface area contributed by atoms with E-state index in [2.05, 4.69) is 17.4 Å². The molecule has 0 radical (unpaired) electrons. The maximum atomic E-state index is 13.2. The van der Waals surface area contributed by atoms with Gasteiger partial charge in [0.1, 0.15) is 0 Å². The number of sulfonamides is 1. The van der Waals surface area contributed by atoms with Crippen molar-refractivity contribution in [3.63, 3.8) is 0 Å². The minimum atomic E-state index is -3.72. The van der Waals surface area contributed by atoms with Gasteiger partial charge in [-0.05, 0) is 67.5 Å². The molecule has 0 spiro atoms. The minimum absolute atomic E-state index is 0.117. The SMILES string of the molecule is CC1CN(S(=O)(=O)c2cccc(C(=O)Nc3ccc4c5c(cccc35)CC4)c2)CC(C)O1. The first-order chi connectivity index (χ1) is 15.3. The van der Waals surface area contributed by atoms with Gasteiger partial charge in [-0.25, -0.2) is 8.42 Å². The molecule has 0 saturated carbocycles. The molecule has 32 heavy (non-hydrogen) atoms. The van der Waals surface area contributed by atoms with Crippen LogP contribution in [0.25, 0.3) is 10.8 Å². The first kappa shape index (κ1) is 21.1. The highest BCUT2D eigenvalue weighted by Crippen LogP contribution is 2.35. The second-order valence-electron chi connectivity index (χ2n) is 8.67. The zero-order valence-corrected chi connectivity index (χ0v) is 19.0. The first-order valence-corrected chi connectivity index (χ1v) is 12.4. The average Bonchev–Trinajstić information content (AvgIpc) is 3.20. The summed E-state index contributed by atoms with van der Waals surface area (Å²) in [6.45, 7) is 4.31. The Bertz CT molecular complexity index is 1300. The molecule has 7 heteroatoms. The lowest BCUT2D eigenvalue weighted by Gasteiger charge is -2.34. The number of nitrogens with zero attached hydrogens (tertiary/aromatic N) is 1. The number of ether oxygens (including phenoxy) is 1. The zero-order chi connectivity index (χ0) is 22.5. The maximum absolute atomic E-state index is 13.2. The molecule has 1 fully saturated rings. The van der Waals surface area contributed by atoms with Gasteiger partial charge in [-0.3, -0.25) is 4.79 Å². The van der Waals surface area contributed by atoms with Crippen molar-refractivity contribution in [2.24, 2.45) is 0 Å². The van der Waals surface area contributed by atoms with E-state index in [0.29, 0.717) is 18.7 Å². The van der Waals surface area contributed by atoms with Gasteiger partial charge in [-0.1, -0.05) is 30.3 Å². The maximum Gasteiger partial charge on any atom is 0.255 e. The fourth-order valence-electron chi connectivity index (χ4n) is 4.82. The number of hydrogen-bond donors (Lipinski definition) is 1. The molecule has 1 saturated heterocycles. The Morgan fingerprint density at radius 3 is 2.41 bits per heavy atom. The highest BCUT2D eigenvalue weighted by Gasteiger charge is 2.32. The quantitative estimate of drug-likeness (QED) is 0.652. The molecule has 2 atom stereocenters. The Kier molecular flexibility index (Phi) is 5.28. The van der Waals surface area contributed by atoms with Gasteiger partial charge >= 0.3 is 0 Å². The van der Waals surface area contributed by atoms with Crippen molar-refractivity contribution in [2.75, 3.05) is 18.4 Å². The van der Waals surface area contributed by atoms with E-state index >= 15 is 0 Å². The molecule has 1 N–H and O–H groups in total. The number of carbonyl (C=O) groups excluding carboxylic acids is 1. The number of anilines is 1. The molecule has 5 rings (SSSR count). The van der Waals surface area contributed by atoms with Gasteiger partial charge in [0, 0.05) is 29.7 Å². The third kappa shape index (κ3) is 3.70. The number of carbonyl (C=O) groups is 1. The summed E-state index contributed by atoms with van der Waals surface area (Å²) in [6, 6.07) is 16.4. The van der Waals surface area contributed by atoms with Crippen molar-refractivity contribution in [3.8, 4) is 0 Å². The second kappa shape index (κ2) is 7.99. The van der Waals surface area contributed by atoms with Crippen LogP contribution in [0.3, 0.4) is 0 Å². The fraction of sp³-hybridized carbons (Fsp3) is 0.320. The van der Waals surface area contributed by atoms with Crippen LogP contribution < -0.4 is 5.32 Å². The molecule has 1 heterocycles. The molecule has 0 aromatic heterocycles. The standard InChI is InChI=1S/C25H26N2O4S/c1-16-14-27(15-17(2)31-16)32(29,30)21-7-3-6-20(13-21)25(28)26-23-12-11-19-10-9-18-5-4-8-22(23)24(18)19/h3-8,11-13,16-17H,9-10,14-15H2,1-2H3,(H,26,28). The van der Waals surface area contributed by atoms with Crippen molar-refractivity contribution in [2.45, 2.75) is 43.8 Å². The highest BCUT2D eigenvalue weighted by atomic mass is 32.2. The van der Waals surface area contributed by atoms with Gasteiger partial charge in [-0.2, -0.15) is 4.31 Å². The molecule has 3 aromatic carbocycles. The number of aryl methyl sites for hydroxylation is 2. The van der Waals surface area contributed by atoms with Crippen molar-refractivity contribution in [3.05, 3.63) is 71.3 Å². The van der Waals surface area contributed by atoms with E-state index in [9.17, 15) is 13.2 Å². The molecular formula is C25H26N2O4S. The molecule has 3 aromatic rings. The summed E-state index contributed by atoms with van der Waals surface area (Å²) in [7, 11) is -3.72. The summed E-state index contributed by atoms with van der Waals surface area (Å²) < 4.78 is 33.5. The summed E-state index contributed by atoms with van der Waals surface area (Å²) in [5, 5.41) is 5.23. The Labute approximate surface area is 188 Å². The van der Waals surface area contributed by atoms with E-state index < -0.39 is 10.0 Å². The lowest BCUT2D eigenvalue weighted by Crippen LogP contribution is -2.48. The molecule has 2 unspecified atom stereocenters. The Balaban J connectivity index is 1.43. The number of rotatable bonds is 4. The third-order valence-electron chi connectivity index (χ3n) is 6.25. The number of benzene rings is 3. The van der Waals surface area contributed by atoms with Crippen molar-refractivity contribution in [1.29, 1.82) is 0 Å². The van der Waals surface area contributed by atoms with Gasteiger partial charge in [0.15, 0.2) is 0 Å². The smallest absolute Gasteiger partial charge is 0.255 e. The zero-order valence-electron chi connectivity index (χ0n) is 18.2. The summed E-state index contributed by atoms with van der Waals surface area (Å²) in [6.07, 6.45) is 1.68. The van der Waals surface area contributed by atoms with E-state index in [1.54, 1.807) is 12.1 Å². The Hall–Kier alpha value is -2.74. The lowest BCUT2D eigenvalue weighted by atomic mass is 10.0. The third-order valence-corrected chi connectivity index (χ3v) is 8.07. The molecule has 2 aliphatic rings. The topological polar surface area (TPSA) is 75.7 Å². The minimum Gasteiger partial charge on any atom is -0.373 e. The van der Waals surface area contributed by atoms with Gasteiger partial charge in [0.05, 0.1) is 17.1 Å². The average molecular weight is 451 g/mol. The van der Waals surface area contributed by atoms with Crippen LogP contribution >= 0.6 is 0 Å². The number of hydrogen-bond acceptors (Lipinski definition) is 4. The van der Waals surface area contributed by atoms with Gasteiger partial charge in [0.2, 0.25) is 10.0 Å². The van der Waals surface area contributed by atoms with Crippen LogP contribution in [0.4, 0.5) is 5.69 Å². The lowest BCUT2D eigenvalue weighted by molar-refractivity contribution is -0.0440. The van der Waals surface area contributed by atoms with Crippen LogP contribution in [0.15, 0.2) is 59.5 Å². The van der Waals surface area contributed by atoms with E-state index in [4.69, 9.17) is 4.74 Å². The predicted molar refractivity (Wildman–Crippen MR) is 125 cm³/mol. The summed E-state index contributed by atoms with van der Waals surface area (Å²) in [5.74, 6) is -0.329. The number of morpholine rings is 1. The van der Waals surface area contributed by atoms with Crippen LogP contribution in [0.5, 0.6) is 0 Å². The van der Waals surface area contributed by atoms with Crippen LogP contribution in [0.1, 0.15) is 35.3 Å². The second-order valence-corrected chi connectivity index (χ2v) is 10.6. The van der Waals surface area contributed by atoms with E-state index in [1.165, 1.54) is 33.0 Å². The number of amides is 1. The largest absolute Gasteiger partial charge is 0.373 e. The molecular weight excluding hydrogens is 424 g/mol. The van der Waals surface area contributed by atoms with Crippen LogP contribution in [-0.4, -0.2) is 43.9 Å². The van der Waals surface area contributed by atoms with Gasteiger partial charge < -0.3 is 10.1 Å². The number of nitrogens with one attached hydrogen (secondary N) is 1. The first-order valence-electron chi connectivity index (χ1n) is 10.9. The van der Waals surface area contributed by atoms with Crippen molar-refractivity contribution in [1.82, 2.24) is 4.31 Å². The van der Waals surface area contributed by atoms with Crippen molar-refractivity contribution >= 4 is 32.4 Å². The van der Waals surface area contributed by atoms with Crippen LogP contribution in [0, 0.1) is 0 Å².